The number of hydrogen-bond acceptors (Lipinski definition) is 6. The zero-order valence-corrected chi connectivity index (χ0v) is 15.7. The molecule has 0 bridgehead atoms. The Kier molecular flexibility index (Phi) is 4.14. The maximum absolute atomic E-state index is 5.00. The van der Waals surface area contributed by atoms with Crippen molar-refractivity contribution in [1.82, 2.24) is 24.5 Å². The number of fused-ring (bicyclic) bond motifs is 1. The summed E-state index contributed by atoms with van der Waals surface area (Å²) in [6, 6.07) is 4.09. The minimum atomic E-state index is 0.464. The molecule has 7 nitrogen and oxygen atoms in total. The van der Waals surface area contributed by atoms with Gasteiger partial charge in [-0.25, -0.2) is 19.9 Å². The number of piperidine rings is 1. The lowest BCUT2D eigenvalue weighted by Gasteiger charge is -2.31. The van der Waals surface area contributed by atoms with Crippen LogP contribution in [0.5, 0.6) is 0 Å². The first kappa shape index (κ1) is 16.5. The number of aryl methyl sites for hydroxylation is 1. The predicted octanol–water partition coefficient (Wildman–Crippen LogP) is 2.96. The summed E-state index contributed by atoms with van der Waals surface area (Å²) < 4.78 is 2.09. The van der Waals surface area contributed by atoms with E-state index in [-0.39, 0.29) is 0 Å². The van der Waals surface area contributed by atoms with E-state index in [1.807, 2.05) is 24.8 Å². The second-order valence-electron chi connectivity index (χ2n) is 7.75. The second kappa shape index (κ2) is 6.79. The third kappa shape index (κ3) is 3.34. The number of imidazole rings is 1. The quantitative estimate of drug-likeness (QED) is 0.751. The van der Waals surface area contributed by atoms with Gasteiger partial charge in [-0.3, -0.25) is 0 Å². The fourth-order valence-electron chi connectivity index (χ4n) is 3.87. The van der Waals surface area contributed by atoms with Crippen molar-refractivity contribution in [3.8, 4) is 0 Å². The van der Waals surface area contributed by atoms with Crippen molar-refractivity contribution in [1.29, 1.82) is 0 Å². The molecule has 0 spiro atoms. The van der Waals surface area contributed by atoms with Crippen molar-refractivity contribution in [3.63, 3.8) is 0 Å². The van der Waals surface area contributed by atoms with Gasteiger partial charge in [-0.05, 0) is 43.7 Å². The topological polar surface area (TPSA) is 71.8 Å². The van der Waals surface area contributed by atoms with E-state index in [9.17, 15) is 0 Å². The molecule has 4 heterocycles. The van der Waals surface area contributed by atoms with E-state index in [4.69, 9.17) is 4.98 Å². The highest BCUT2D eigenvalue weighted by atomic mass is 15.2. The number of pyridine rings is 1. The van der Waals surface area contributed by atoms with Crippen molar-refractivity contribution < 1.29 is 0 Å². The van der Waals surface area contributed by atoms with Gasteiger partial charge in [0.15, 0.2) is 5.82 Å². The van der Waals surface area contributed by atoms with E-state index in [1.54, 1.807) is 0 Å². The van der Waals surface area contributed by atoms with Gasteiger partial charge in [0.05, 0.1) is 11.8 Å². The maximum atomic E-state index is 5.00. The van der Waals surface area contributed by atoms with Gasteiger partial charge in [-0.2, -0.15) is 0 Å². The van der Waals surface area contributed by atoms with E-state index >= 15 is 0 Å². The van der Waals surface area contributed by atoms with Crippen molar-refractivity contribution >= 4 is 22.8 Å². The van der Waals surface area contributed by atoms with E-state index in [0.29, 0.717) is 5.92 Å². The number of rotatable bonds is 5. The first-order valence-corrected chi connectivity index (χ1v) is 9.86. The molecule has 1 saturated carbocycles. The molecule has 1 aliphatic heterocycles. The monoisotopic (exact) mass is 363 g/mol. The van der Waals surface area contributed by atoms with E-state index in [0.717, 1.165) is 61.2 Å². The minimum absolute atomic E-state index is 0.464. The number of anilines is 2. The minimum Gasteiger partial charge on any atom is -0.368 e. The fraction of sp³-hybridized carbons (Fsp3) is 0.500. The zero-order chi connectivity index (χ0) is 18.2. The van der Waals surface area contributed by atoms with Gasteiger partial charge in [0.1, 0.15) is 5.52 Å². The van der Waals surface area contributed by atoms with Gasteiger partial charge in [0.2, 0.25) is 5.95 Å². The molecule has 3 aromatic heterocycles. The molecule has 1 saturated heterocycles. The third-order valence-electron chi connectivity index (χ3n) is 5.74. The van der Waals surface area contributed by atoms with Crippen LogP contribution in [0.4, 0.5) is 11.8 Å². The van der Waals surface area contributed by atoms with Crippen molar-refractivity contribution in [2.45, 2.75) is 31.6 Å². The molecule has 0 atom stereocenters. The first-order chi connectivity index (χ1) is 13.3. The molecule has 7 heteroatoms. The van der Waals surface area contributed by atoms with Crippen molar-refractivity contribution in [2.75, 3.05) is 29.9 Å². The molecular weight excluding hydrogens is 338 g/mol. The van der Waals surface area contributed by atoms with Crippen molar-refractivity contribution in [2.24, 2.45) is 13.0 Å². The van der Waals surface area contributed by atoms with Gasteiger partial charge in [-0.15, -0.1) is 0 Å². The predicted molar refractivity (Wildman–Crippen MR) is 106 cm³/mol. The van der Waals surface area contributed by atoms with Crippen LogP contribution in [0.15, 0.2) is 30.9 Å². The largest absolute Gasteiger partial charge is 0.368 e. The van der Waals surface area contributed by atoms with E-state index in [1.165, 1.54) is 18.5 Å². The van der Waals surface area contributed by atoms with Crippen LogP contribution in [0.2, 0.25) is 0 Å². The fourth-order valence-corrected chi connectivity index (χ4v) is 3.87. The lowest BCUT2D eigenvalue weighted by molar-refractivity contribution is 0.491. The van der Waals surface area contributed by atoms with Gasteiger partial charge in [0, 0.05) is 50.7 Å². The van der Waals surface area contributed by atoms with Gasteiger partial charge < -0.3 is 14.8 Å². The molecule has 0 unspecified atom stereocenters. The molecule has 3 aromatic rings. The zero-order valence-electron chi connectivity index (χ0n) is 15.7. The number of hydrogen-bond donors (Lipinski definition) is 1. The summed E-state index contributed by atoms with van der Waals surface area (Å²) in [4.78, 5) is 20.6. The van der Waals surface area contributed by atoms with Gasteiger partial charge in [0.25, 0.3) is 0 Å². The van der Waals surface area contributed by atoms with Crippen LogP contribution >= 0.6 is 0 Å². The molecule has 0 amide bonds. The Hall–Kier alpha value is -2.70. The second-order valence-corrected chi connectivity index (χ2v) is 7.75. The SMILES string of the molecule is Cn1cnc2c(NCC3CC3)nc(C3CCN(c4ncccn4)CC3)cc21. The molecule has 0 radical (unpaired) electrons. The molecule has 27 heavy (non-hydrogen) atoms. The molecule has 140 valence electrons. The normalized spacial score (nSPS) is 18.2. The van der Waals surface area contributed by atoms with Gasteiger partial charge >= 0.3 is 0 Å². The van der Waals surface area contributed by atoms with Crippen LogP contribution in [-0.4, -0.2) is 44.1 Å². The van der Waals surface area contributed by atoms with Crippen LogP contribution in [0.25, 0.3) is 11.0 Å². The summed E-state index contributed by atoms with van der Waals surface area (Å²) in [5.41, 5.74) is 3.32. The highest BCUT2D eigenvalue weighted by Gasteiger charge is 2.25. The average Bonchev–Trinajstić information content (AvgIpc) is 3.48. The standard InChI is InChI=1S/C20H25N7/c1-26-13-24-18-17(26)11-16(25-19(18)23-12-14-3-4-14)15-5-9-27(10-6-15)20-21-7-2-8-22-20/h2,7-8,11,13-15H,3-6,9-10,12H2,1H3,(H,23,25). The molecule has 5 rings (SSSR count). The third-order valence-corrected chi connectivity index (χ3v) is 5.74. The molecular formula is C20H25N7. The van der Waals surface area contributed by atoms with Crippen LogP contribution in [0.3, 0.4) is 0 Å². The Bertz CT molecular complexity index is 924. The number of nitrogens with zero attached hydrogens (tertiary/aromatic N) is 6. The maximum Gasteiger partial charge on any atom is 0.225 e. The summed E-state index contributed by atoms with van der Waals surface area (Å²) in [6.07, 6.45) is 10.3. The molecule has 2 fully saturated rings. The van der Waals surface area contributed by atoms with E-state index < -0.39 is 0 Å². The highest BCUT2D eigenvalue weighted by Crippen LogP contribution is 2.33. The van der Waals surface area contributed by atoms with Crippen LogP contribution in [0.1, 0.15) is 37.3 Å². The number of nitrogens with one attached hydrogen (secondary N) is 1. The summed E-state index contributed by atoms with van der Waals surface area (Å²) in [5.74, 6) is 3.05. The smallest absolute Gasteiger partial charge is 0.225 e. The van der Waals surface area contributed by atoms with Crippen LogP contribution < -0.4 is 10.2 Å². The lowest BCUT2D eigenvalue weighted by Crippen LogP contribution is -2.34. The summed E-state index contributed by atoms with van der Waals surface area (Å²) >= 11 is 0. The molecule has 0 aromatic carbocycles. The van der Waals surface area contributed by atoms with E-state index in [2.05, 4.69) is 42.8 Å². The molecule has 1 N–H and O–H groups in total. The molecule has 1 aliphatic carbocycles. The Morgan fingerprint density at radius 2 is 1.85 bits per heavy atom. The molecule has 2 aliphatic rings. The van der Waals surface area contributed by atoms with Gasteiger partial charge in [-0.1, -0.05) is 0 Å². The summed E-state index contributed by atoms with van der Waals surface area (Å²) in [6.45, 7) is 2.93. The highest BCUT2D eigenvalue weighted by molar-refractivity contribution is 5.86. The number of aromatic nitrogens is 5. The Balaban J connectivity index is 1.37. The van der Waals surface area contributed by atoms with Crippen LogP contribution in [-0.2, 0) is 7.05 Å². The first-order valence-electron chi connectivity index (χ1n) is 9.86. The summed E-state index contributed by atoms with van der Waals surface area (Å²) in [5, 5.41) is 3.56. The van der Waals surface area contributed by atoms with Crippen LogP contribution in [0, 0.1) is 5.92 Å². The average molecular weight is 363 g/mol. The lowest BCUT2D eigenvalue weighted by atomic mass is 9.93. The summed E-state index contributed by atoms with van der Waals surface area (Å²) in [7, 11) is 2.05. The Morgan fingerprint density at radius 1 is 1.07 bits per heavy atom. The Labute approximate surface area is 158 Å². The Morgan fingerprint density at radius 3 is 2.59 bits per heavy atom. The van der Waals surface area contributed by atoms with Crippen molar-refractivity contribution in [3.05, 3.63) is 36.5 Å².